The van der Waals surface area contributed by atoms with Crippen molar-refractivity contribution >= 4 is 11.5 Å². The van der Waals surface area contributed by atoms with Gasteiger partial charge in [0.15, 0.2) is 0 Å². The van der Waals surface area contributed by atoms with E-state index in [1.807, 2.05) is 24.3 Å². The van der Waals surface area contributed by atoms with Gasteiger partial charge < -0.3 is 25.0 Å². The average Bonchev–Trinajstić information content (AvgIpc) is 3.12. The van der Waals surface area contributed by atoms with E-state index in [0.717, 1.165) is 46.2 Å². The molecule has 1 aliphatic carbocycles. The molecule has 1 fully saturated rings. The maximum Gasteiger partial charge on any atom is 0.355 e. The number of fused-ring (bicyclic) bond motifs is 5. The van der Waals surface area contributed by atoms with Gasteiger partial charge in [-0.05, 0) is 59.2 Å². The Bertz CT molecular complexity index is 1120. The second kappa shape index (κ2) is 8.45. The summed E-state index contributed by atoms with van der Waals surface area (Å²) < 4.78 is 5.42. The lowest BCUT2D eigenvalue weighted by Crippen LogP contribution is -2.66. The maximum atomic E-state index is 13.1. The predicted molar refractivity (Wildman–Crippen MR) is 124 cm³/mol. The van der Waals surface area contributed by atoms with Gasteiger partial charge in [0.05, 0.1) is 18.6 Å². The number of ether oxygens (including phenoxy) is 1. The third-order valence-electron chi connectivity index (χ3n) is 7.32. The third-order valence-corrected chi connectivity index (χ3v) is 7.32. The molecule has 3 N–H and O–H groups in total. The van der Waals surface area contributed by atoms with E-state index in [1.165, 1.54) is 6.08 Å². The number of carbonyl (C=O) groups excluding carboxylic acids is 1. The molecule has 6 nitrogen and oxygen atoms in total. The molecule has 0 amide bonds. The van der Waals surface area contributed by atoms with E-state index in [-0.39, 0.29) is 31.1 Å². The standard InChI is InChI=1S/C27H29NO5/c1-3-12-33-27(32)25-23-20(24-22(15(2)30)26(31)28(24)25)11-10-18-8-9-19(13-21(18)23)17-6-4-16(14-29)5-7-17/h3-9,13,15,20,22,24,26,29-31H,1,10-12,14H2,2H3/t15-,20-,22-,24-,26?/m1/s1. The molecule has 0 bridgehead atoms. The first-order chi connectivity index (χ1) is 16.0. The first kappa shape index (κ1) is 21.9. The van der Waals surface area contributed by atoms with Crippen LogP contribution < -0.4 is 0 Å². The molecule has 2 aromatic carbocycles. The van der Waals surface area contributed by atoms with Crippen molar-refractivity contribution in [2.45, 2.75) is 44.7 Å². The third kappa shape index (κ3) is 3.41. The Balaban J connectivity index is 1.62. The molecule has 172 valence electrons. The molecule has 2 aromatic rings. The second-order valence-electron chi connectivity index (χ2n) is 9.15. The number of aryl methyl sites for hydroxylation is 1. The Morgan fingerprint density at radius 3 is 2.64 bits per heavy atom. The number of carbonyl (C=O) groups is 1. The highest BCUT2D eigenvalue weighted by Gasteiger charge is 2.61. The molecular weight excluding hydrogens is 418 g/mol. The number of nitrogens with zero attached hydrogens (tertiary/aromatic N) is 1. The molecule has 2 heterocycles. The molecule has 0 saturated carbocycles. The largest absolute Gasteiger partial charge is 0.457 e. The molecule has 5 atom stereocenters. The van der Waals surface area contributed by atoms with Crippen molar-refractivity contribution in [1.29, 1.82) is 0 Å². The Morgan fingerprint density at radius 1 is 1.24 bits per heavy atom. The van der Waals surface area contributed by atoms with Crippen LogP contribution >= 0.6 is 0 Å². The maximum absolute atomic E-state index is 13.1. The zero-order valence-electron chi connectivity index (χ0n) is 18.6. The van der Waals surface area contributed by atoms with Gasteiger partial charge in [-0.25, -0.2) is 4.79 Å². The first-order valence-corrected chi connectivity index (χ1v) is 11.5. The molecule has 0 aromatic heterocycles. The smallest absolute Gasteiger partial charge is 0.355 e. The number of aliphatic hydroxyl groups is 3. The number of rotatable bonds is 6. The summed E-state index contributed by atoms with van der Waals surface area (Å²) in [4.78, 5) is 14.9. The average molecular weight is 448 g/mol. The van der Waals surface area contributed by atoms with Crippen molar-refractivity contribution in [2.24, 2.45) is 11.8 Å². The zero-order valence-corrected chi connectivity index (χ0v) is 18.6. The Hall–Kier alpha value is -2.93. The van der Waals surface area contributed by atoms with Crippen molar-refractivity contribution in [3.8, 4) is 11.1 Å². The SMILES string of the molecule is C=CCOC(=O)C1=C2c3cc(-c4ccc(CO)cc4)ccc3CC[C@H]2[C@@H]2[C@@H]([C@@H](C)O)C(O)N12. The summed E-state index contributed by atoms with van der Waals surface area (Å²) >= 11 is 0. The van der Waals surface area contributed by atoms with Gasteiger partial charge in [0, 0.05) is 12.0 Å². The minimum Gasteiger partial charge on any atom is -0.457 e. The summed E-state index contributed by atoms with van der Waals surface area (Å²) in [7, 11) is 0. The van der Waals surface area contributed by atoms with Crippen molar-refractivity contribution in [3.05, 3.63) is 77.5 Å². The van der Waals surface area contributed by atoms with Gasteiger partial charge in [-0.15, -0.1) is 0 Å². The number of hydrogen-bond donors (Lipinski definition) is 3. The van der Waals surface area contributed by atoms with Crippen LogP contribution in [0.15, 0.2) is 60.8 Å². The minimum atomic E-state index is -0.919. The van der Waals surface area contributed by atoms with E-state index in [9.17, 15) is 20.1 Å². The predicted octanol–water partition coefficient (Wildman–Crippen LogP) is 2.86. The second-order valence-corrected chi connectivity index (χ2v) is 9.15. The molecule has 2 aliphatic heterocycles. The molecule has 0 spiro atoms. The Kier molecular flexibility index (Phi) is 5.60. The Labute approximate surface area is 193 Å². The van der Waals surface area contributed by atoms with E-state index in [1.54, 1.807) is 11.8 Å². The molecule has 1 saturated heterocycles. The van der Waals surface area contributed by atoms with E-state index in [2.05, 4.69) is 24.8 Å². The molecule has 5 rings (SSSR count). The number of hydrogen-bond acceptors (Lipinski definition) is 6. The summed E-state index contributed by atoms with van der Waals surface area (Å²) in [5.41, 5.74) is 6.38. The topological polar surface area (TPSA) is 90.2 Å². The highest BCUT2D eigenvalue weighted by molar-refractivity contribution is 6.00. The zero-order chi connectivity index (χ0) is 23.3. The van der Waals surface area contributed by atoms with Gasteiger partial charge >= 0.3 is 5.97 Å². The van der Waals surface area contributed by atoms with E-state index in [4.69, 9.17) is 4.74 Å². The lowest BCUT2D eigenvalue weighted by Gasteiger charge is -2.54. The van der Waals surface area contributed by atoms with Crippen LogP contribution in [0.2, 0.25) is 0 Å². The van der Waals surface area contributed by atoms with Crippen molar-refractivity contribution in [1.82, 2.24) is 4.90 Å². The number of benzene rings is 2. The normalized spacial score (nSPS) is 26.1. The number of aliphatic hydroxyl groups excluding tert-OH is 3. The minimum absolute atomic E-state index is 0.000784. The number of esters is 1. The van der Waals surface area contributed by atoms with E-state index < -0.39 is 18.3 Å². The molecule has 3 aliphatic rings. The fourth-order valence-electron chi connectivity index (χ4n) is 5.78. The van der Waals surface area contributed by atoms with Gasteiger partial charge in [-0.3, -0.25) is 0 Å². The highest BCUT2D eigenvalue weighted by Crippen LogP contribution is 2.56. The van der Waals surface area contributed by atoms with Crippen LogP contribution in [0, 0.1) is 11.8 Å². The quantitative estimate of drug-likeness (QED) is 0.466. The van der Waals surface area contributed by atoms with Gasteiger partial charge in [0.25, 0.3) is 0 Å². The van der Waals surface area contributed by atoms with Gasteiger partial charge in [-0.2, -0.15) is 0 Å². The lowest BCUT2D eigenvalue weighted by molar-refractivity contribution is -0.195. The van der Waals surface area contributed by atoms with Gasteiger partial charge in [0.2, 0.25) is 0 Å². The summed E-state index contributed by atoms with van der Waals surface area (Å²) in [5, 5.41) is 30.5. The van der Waals surface area contributed by atoms with Crippen LogP contribution in [0.25, 0.3) is 16.7 Å². The summed E-state index contributed by atoms with van der Waals surface area (Å²) in [6, 6.07) is 14.0. The fraction of sp³-hybridized carbons (Fsp3) is 0.370. The highest BCUT2D eigenvalue weighted by atomic mass is 16.5. The molecule has 1 unspecified atom stereocenters. The van der Waals surface area contributed by atoms with Crippen molar-refractivity contribution in [2.75, 3.05) is 6.61 Å². The van der Waals surface area contributed by atoms with Gasteiger partial charge in [0.1, 0.15) is 18.5 Å². The van der Waals surface area contributed by atoms with E-state index >= 15 is 0 Å². The monoisotopic (exact) mass is 447 g/mol. The van der Waals surface area contributed by atoms with Crippen molar-refractivity contribution < 1.29 is 24.9 Å². The lowest BCUT2D eigenvalue weighted by atomic mass is 9.70. The van der Waals surface area contributed by atoms with Crippen LogP contribution in [0.5, 0.6) is 0 Å². The molecular formula is C27H29NO5. The van der Waals surface area contributed by atoms with Crippen LogP contribution in [-0.4, -0.2) is 51.2 Å². The molecule has 0 radical (unpaired) electrons. The van der Waals surface area contributed by atoms with E-state index in [0.29, 0.717) is 5.70 Å². The summed E-state index contributed by atoms with van der Waals surface area (Å²) in [5.74, 6) is -0.740. The van der Waals surface area contributed by atoms with Crippen LogP contribution in [0.3, 0.4) is 0 Å². The summed E-state index contributed by atoms with van der Waals surface area (Å²) in [6.45, 7) is 5.42. The van der Waals surface area contributed by atoms with Crippen LogP contribution in [-0.2, 0) is 22.6 Å². The van der Waals surface area contributed by atoms with Gasteiger partial charge in [-0.1, -0.05) is 49.1 Å². The summed E-state index contributed by atoms with van der Waals surface area (Å²) in [6.07, 6.45) is 1.65. The first-order valence-electron chi connectivity index (χ1n) is 11.5. The Morgan fingerprint density at radius 2 is 1.97 bits per heavy atom. The molecule has 6 heteroatoms. The van der Waals surface area contributed by atoms with Crippen LogP contribution in [0.1, 0.15) is 30.0 Å². The van der Waals surface area contributed by atoms with Crippen molar-refractivity contribution in [3.63, 3.8) is 0 Å². The molecule has 33 heavy (non-hydrogen) atoms. The van der Waals surface area contributed by atoms with Crippen LogP contribution in [0.4, 0.5) is 0 Å². The fourth-order valence-corrected chi connectivity index (χ4v) is 5.78.